The van der Waals surface area contributed by atoms with Crippen LogP contribution in [0.4, 0.5) is 0 Å². The third kappa shape index (κ3) is 21.2. The SMILES string of the molecule is N=C([O-])CCCCCCCCCCOS(=O)(O)=S.[Na+]. The van der Waals surface area contributed by atoms with E-state index >= 15 is 0 Å². The van der Waals surface area contributed by atoms with Crippen molar-refractivity contribution in [2.75, 3.05) is 6.61 Å². The molecule has 5 nitrogen and oxygen atoms in total. The fourth-order valence-electron chi connectivity index (χ4n) is 1.61. The molecule has 0 saturated carbocycles. The second-order valence-electron chi connectivity index (χ2n) is 4.25. The smallest absolute Gasteiger partial charge is 0.862 e. The minimum atomic E-state index is -3.45. The quantitative estimate of drug-likeness (QED) is 0.208. The first-order valence-electron chi connectivity index (χ1n) is 6.28. The molecule has 0 bridgehead atoms. The fraction of sp³-hybridized carbons (Fsp3) is 0.909. The van der Waals surface area contributed by atoms with Crippen molar-refractivity contribution in [1.82, 2.24) is 0 Å². The summed E-state index contributed by atoms with van der Waals surface area (Å²) in [4.78, 5) is 0. The van der Waals surface area contributed by atoms with E-state index in [9.17, 15) is 9.32 Å². The van der Waals surface area contributed by atoms with Gasteiger partial charge in [0, 0.05) is 11.2 Å². The van der Waals surface area contributed by atoms with E-state index in [2.05, 4.69) is 15.4 Å². The minimum Gasteiger partial charge on any atom is -0.862 e. The Balaban J connectivity index is 0. The van der Waals surface area contributed by atoms with E-state index in [0.717, 1.165) is 51.4 Å². The van der Waals surface area contributed by atoms with Crippen LogP contribution in [0.25, 0.3) is 0 Å². The van der Waals surface area contributed by atoms with Crippen LogP contribution in [0.1, 0.15) is 57.8 Å². The van der Waals surface area contributed by atoms with Gasteiger partial charge in [0.1, 0.15) is 0 Å². The molecule has 0 rings (SSSR count). The predicted molar refractivity (Wildman–Crippen MR) is 73.4 cm³/mol. The summed E-state index contributed by atoms with van der Waals surface area (Å²) in [6.45, 7) is 0.241. The Morgan fingerprint density at radius 1 is 1.11 bits per heavy atom. The molecule has 0 spiro atoms. The number of nitrogens with one attached hydrogen (secondary N) is 1. The Labute approximate surface area is 143 Å². The van der Waals surface area contributed by atoms with Crippen LogP contribution >= 0.6 is 0 Å². The molecule has 1 unspecified atom stereocenters. The summed E-state index contributed by atoms with van der Waals surface area (Å²) in [5.74, 6) is -0.475. The molecule has 0 aromatic carbocycles. The van der Waals surface area contributed by atoms with Crippen molar-refractivity contribution in [1.29, 1.82) is 5.41 Å². The van der Waals surface area contributed by atoms with Gasteiger partial charge in [0.2, 0.25) is 0 Å². The summed E-state index contributed by atoms with van der Waals surface area (Å²) >= 11 is 4.19. The Morgan fingerprint density at radius 3 is 1.95 bits per heavy atom. The zero-order chi connectivity index (χ0) is 13.9. The monoisotopic (exact) mass is 319 g/mol. The summed E-state index contributed by atoms with van der Waals surface area (Å²) < 4.78 is 23.8. The molecule has 0 aliphatic heterocycles. The van der Waals surface area contributed by atoms with Crippen molar-refractivity contribution in [3.05, 3.63) is 0 Å². The van der Waals surface area contributed by atoms with Gasteiger partial charge < -0.3 is 10.5 Å². The number of hydrogen-bond acceptors (Lipinski definition) is 5. The molecule has 0 fully saturated rings. The molecule has 0 aromatic heterocycles. The van der Waals surface area contributed by atoms with Crippen LogP contribution in [0.15, 0.2) is 0 Å². The van der Waals surface area contributed by atoms with E-state index in [4.69, 9.17) is 9.96 Å². The second-order valence-corrected chi connectivity index (χ2v) is 6.61. The summed E-state index contributed by atoms with van der Waals surface area (Å²) in [6, 6.07) is 0. The molecule has 0 aliphatic carbocycles. The minimum absolute atomic E-state index is 0. The summed E-state index contributed by atoms with van der Waals surface area (Å²) in [6.07, 6.45) is 8.35. The molecule has 0 amide bonds. The number of hydrogen-bond donors (Lipinski definition) is 2. The van der Waals surface area contributed by atoms with Gasteiger partial charge in [0.05, 0.1) is 6.61 Å². The molecule has 0 radical (unpaired) electrons. The molecule has 0 saturated heterocycles. The Morgan fingerprint density at radius 2 is 1.53 bits per heavy atom. The van der Waals surface area contributed by atoms with E-state index in [1.165, 1.54) is 0 Å². The molecule has 8 heteroatoms. The first kappa shape index (κ1) is 22.0. The molecule has 0 aliphatic rings. The van der Waals surface area contributed by atoms with Crippen LogP contribution in [0, 0.1) is 5.41 Å². The van der Waals surface area contributed by atoms with Crippen LogP contribution in [0.5, 0.6) is 0 Å². The van der Waals surface area contributed by atoms with Crippen LogP contribution < -0.4 is 34.7 Å². The average molecular weight is 319 g/mol. The third-order valence-electron chi connectivity index (χ3n) is 2.53. The van der Waals surface area contributed by atoms with Gasteiger partial charge in [-0.05, 0) is 25.2 Å². The van der Waals surface area contributed by atoms with Gasteiger partial charge in [-0.15, -0.1) is 0 Å². The number of unbranched alkanes of at least 4 members (excludes halogenated alkanes) is 7. The zero-order valence-corrected chi connectivity index (χ0v) is 15.2. The molecular formula is C11H22NNaO4S2. The average Bonchev–Trinajstić information content (AvgIpc) is 2.24. The van der Waals surface area contributed by atoms with Crippen molar-refractivity contribution in [3.63, 3.8) is 0 Å². The molecule has 2 N–H and O–H groups in total. The predicted octanol–water partition coefficient (Wildman–Crippen LogP) is -1.01. The van der Waals surface area contributed by atoms with Crippen LogP contribution in [-0.2, 0) is 24.4 Å². The maximum Gasteiger partial charge on any atom is 1.00 e. The van der Waals surface area contributed by atoms with Gasteiger partial charge in [-0.1, -0.05) is 38.5 Å². The maximum absolute atomic E-state index is 10.6. The first-order chi connectivity index (χ1) is 8.42. The van der Waals surface area contributed by atoms with Crippen molar-refractivity contribution in [2.24, 2.45) is 0 Å². The van der Waals surface area contributed by atoms with Gasteiger partial charge in [-0.2, -0.15) is 4.21 Å². The van der Waals surface area contributed by atoms with Gasteiger partial charge in [-0.25, -0.2) is 0 Å². The van der Waals surface area contributed by atoms with Crippen molar-refractivity contribution >= 4 is 26.1 Å². The molecule has 0 heterocycles. The Kier molecular flexibility index (Phi) is 15.9. The Hall–Kier alpha value is 0.760. The van der Waals surface area contributed by atoms with Gasteiger partial charge in [0.15, 0.2) is 0 Å². The van der Waals surface area contributed by atoms with E-state index in [-0.39, 0.29) is 36.2 Å². The van der Waals surface area contributed by atoms with Crippen LogP contribution in [0.2, 0.25) is 0 Å². The zero-order valence-electron chi connectivity index (χ0n) is 11.6. The normalized spacial score (nSPS) is 13.5. The van der Waals surface area contributed by atoms with E-state index in [1.54, 1.807) is 0 Å². The molecular weight excluding hydrogens is 297 g/mol. The standard InChI is InChI=1S/C11H23NO4S2.Na/c12-11(13)9-7-5-3-1-2-4-6-8-10-16-18(14,15)17;/h1-10H2,(H2,12,13)(H,14,15,17);/q;+1/p-1. The molecule has 108 valence electrons. The first-order valence-corrected chi connectivity index (χ1v) is 8.64. The maximum atomic E-state index is 10.6. The van der Waals surface area contributed by atoms with E-state index in [1.807, 2.05) is 0 Å². The largest absolute Gasteiger partial charge is 1.00 e. The number of rotatable bonds is 12. The van der Waals surface area contributed by atoms with Crippen molar-refractivity contribution < 1.29 is 47.6 Å². The Bertz CT molecular complexity index is 323. The van der Waals surface area contributed by atoms with Gasteiger partial charge in [0.25, 0.3) is 9.05 Å². The van der Waals surface area contributed by atoms with Crippen LogP contribution in [0.3, 0.4) is 0 Å². The van der Waals surface area contributed by atoms with Gasteiger partial charge in [-0.3, -0.25) is 8.74 Å². The summed E-state index contributed by atoms with van der Waals surface area (Å²) in [7, 11) is -3.45. The molecule has 1 atom stereocenters. The molecule has 0 aromatic rings. The summed E-state index contributed by atoms with van der Waals surface area (Å²) in [5.41, 5.74) is 0. The second kappa shape index (κ2) is 13.7. The summed E-state index contributed by atoms with van der Waals surface area (Å²) in [5, 5.41) is 17.1. The van der Waals surface area contributed by atoms with Crippen LogP contribution in [-0.4, -0.2) is 21.3 Å². The fourth-order valence-corrected chi connectivity index (χ4v) is 2.15. The van der Waals surface area contributed by atoms with E-state index < -0.39 is 15.0 Å². The van der Waals surface area contributed by atoms with Crippen molar-refractivity contribution in [3.8, 4) is 0 Å². The third-order valence-corrected chi connectivity index (χ3v) is 3.28. The van der Waals surface area contributed by atoms with E-state index in [0.29, 0.717) is 6.42 Å². The topological polar surface area (TPSA) is 93.4 Å². The molecule has 19 heavy (non-hydrogen) atoms. The van der Waals surface area contributed by atoms with Gasteiger partial charge >= 0.3 is 29.6 Å². The van der Waals surface area contributed by atoms with Crippen molar-refractivity contribution in [2.45, 2.75) is 57.8 Å².